The van der Waals surface area contributed by atoms with E-state index >= 15 is 0 Å². The van der Waals surface area contributed by atoms with Gasteiger partial charge in [0.05, 0.1) is 0 Å². The van der Waals surface area contributed by atoms with Crippen LogP contribution >= 0.6 is 15.9 Å². The van der Waals surface area contributed by atoms with Crippen molar-refractivity contribution in [2.45, 2.75) is 6.42 Å². The van der Waals surface area contributed by atoms with Crippen molar-refractivity contribution in [1.29, 1.82) is 0 Å². The van der Waals surface area contributed by atoms with E-state index in [9.17, 15) is 0 Å². The molecule has 1 heteroatoms. The molecule has 0 aliphatic heterocycles. The van der Waals surface area contributed by atoms with Gasteiger partial charge >= 0.3 is 0 Å². The van der Waals surface area contributed by atoms with Crippen LogP contribution in [0.3, 0.4) is 0 Å². The van der Waals surface area contributed by atoms with Crippen LogP contribution in [0.2, 0.25) is 0 Å². The molecule has 80 valence electrons. The molecule has 2 aromatic rings. The highest BCUT2D eigenvalue weighted by Gasteiger charge is 1.95. The van der Waals surface area contributed by atoms with Gasteiger partial charge in [-0.05, 0) is 34.2 Å². The first-order valence-electron chi connectivity index (χ1n) is 5.28. The molecule has 0 unspecified atom stereocenters. The van der Waals surface area contributed by atoms with E-state index in [0.29, 0.717) is 0 Å². The fourth-order valence-electron chi connectivity index (χ4n) is 1.65. The quantitative estimate of drug-likeness (QED) is 0.764. The lowest BCUT2D eigenvalue weighted by molar-refractivity contribution is 1.19. The van der Waals surface area contributed by atoms with Crippen molar-refractivity contribution in [2.24, 2.45) is 0 Å². The fraction of sp³-hybridized carbons (Fsp3) is 0.0667. The zero-order valence-electron chi connectivity index (χ0n) is 8.94. The first kappa shape index (κ1) is 11.2. The summed E-state index contributed by atoms with van der Waals surface area (Å²) in [6, 6.07) is 19.2. The van der Waals surface area contributed by atoms with Crippen molar-refractivity contribution >= 4 is 22.0 Å². The van der Waals surface area contributed by atoms with E-state index in [-0.39, 0.29) is 0 Å². The Bertz CT molecular complexity index is 455. The van der Waals surface area contributed by atoms with Gasteiger partial charge in [0.15, 0.2) is 0 Å². The van der Waals surface area contributed by atoms with E-state index in [1.54, 1.807) is 0 Å². The average Bonchev–Trinajstić information content (AvgIpc) is 2.33. The molecule has 0 aromatic heterocycles. The third-order valence-electron chi connectivity index (χ3n) is 2.49. The van der Waals surface area contributed by atoms with Crippen molar-refractivity contribution in [3.63, 3.8) is 0 Å². The lowest BCUT2D eigenvalue weighted by Gasteiger charge is -2.02. The molecule has 0 spiro atoms. The molecule has 0 heterocycles. The molecule has 2 aromatic carbocycles. The Kier molecular flexibility index (Phi) is 3.95. The molecule has 0 atom stereocenters. The summed E-state index contributed by atoms with van der Waals surface area (Å²) in [5.74, 6) is 0. The van der Waals surface area contributed by atoms with E-state index in [2.05, 4.69) is 64.5 Å². The highest BCUT2D eigenvalue weighted by molar-refractivity contribution is 9.11. The number of rotatable bonds is 3. The summed E-state index contributed by atoms with van der Waals surface area (Å²) in [6.45, 7) is 0. The van der Waals surface area contributed by atoms with Crippen LogP contribution in [0, 0.1) is 0 Å². The Balaban J connectivity index is 2.11. The molecule has 0 fully saturated rings. The minimum Gasteiger partial charge on any atom is -0.0622 e. The molecule has 0 nitrogen and oxygen atoms in total. The van der Waals surface area contributed by atoms with Gasteiger partial charge in [0, 0.05) is 0 Å². The Hall–Kier alpha value is -1.34. The third kappa shape index (κ3) is 3.07. The van der Waals surface area contributed by atoms with Crippen molar-refractivity contribution in [3.05, 3.63) is 76.3 Å². The van der Waals surface area contributed by atoms with Gasteiger partial charge in [0.1, 0.15) is 0 Å². The first-order chi connectivity index (χ1) is 7.88. The van der Waals surface area contributed by atoms with Gasteiger partial charge in [0.2, 0.25) is 0 Å². The molecule has 0 bridgehead atoms. The zero-order chi connectivity index (χ0) is 11.2. The molecule has 0 radical (unpaired) electrons. The first-order valence-corrected chi connectivity index (χ1v) is 6.20. The summed E-state index contributed by atoms with van der Waals surface area (Å²) < 4.78 is 0. The van der Waals surface area contributed by atoms with Gasteiger partial charge in [-0.25, -0.2) is 0 Å². The Labute approximate surface area is 105 Å². The van der Waals surface area contributed by atoms with E-state index < -0.39 is 0 Å². The third-order valence-corrected chi connectivity index (χ3v) is 2.75. The van der Waals surface area contributed by atoms with Gasteiger partial charge in [-0.2, -0.15) is 0 Å². The lowest BCUT2D eigenvalue weighted by atomic mass is 10.0. The van der Waals surface area contributed by atoms with Gasteiger partial charge in [-0.15, -0.1) is 0 Å². The smallest absolute Gasteiger partial charge is 0.00258 e. The largest absolute Gasteiger partial charge is 0.0622 e. The average molecular weight is 273 g/mol. The standard InChI is InChI=1S/C15H13Br/c16-11-10-13-6-8-15(9-7-13)12-14-4-2-1-3-5-14/h1-11H,12H2. The van der Waals surface area contributed by atoms with Crippen molar-refractivity contribution in [3.8, 4) is 0 Å². The van der Waals surface area contributed by atoms with E-state index in [1.807, 2.05) is 17.1 Å². The molecule has 2 rings (SSSR count). The molecule has 16 heavy (non-hydrogen) atoms. The molecule has 0 aliphatic rings. The summed E-state index contributed by atoms with van der Waals surface area (Å²) in [7, 11) is 0. The van der Waals surface area contributed by atoms with Crippen LogP contribution in [0.25, 0.3) is 6.08 Å². The molecule has 0 saturated heterocycles. The minimum atomic E-state index is 0.999. The molecular formula is C15H13Br. The summed E-state index contributed by atoms with van der Waals surface area (Å²) in [4.78, 5) is 1.87. The monoisotopic (exact) mass is 272 g/mol. The predicted octanol–water partition coefficient (Wildman–Crippen LogP) is 4.64. The van der Waals surface area contributed by atoms with Gasteiger partial charge in [-0.1, -0.05) is 70.5 Å². The van der Waals surface area contributed by atoms with Crippen molar-refractivity contribution in [1.82, 2.24) is 0 Å². The molecular weight excluding hydrogens is 260 g/mol. The SMILES string of the molecule is BrC=Cc1ccc(Cc2ccccc2)cc1. The van der Waals surface area contributed by atoms with Gasteiger partial charge < -0.3 is 0 Å². The van der Waals surface area contributed by atoms with E-state index in [0.717, 1.165) is 6.42 Å². The second-order valence-electron chi connectivity index (χ2n) is 3.70. The summed E-state index contributed by atoms with van der Waals surface area (Å²) >= 11 is 3.28. The van der Waals surface area contributed by atoms with Crippen LogP contribution in [-0.4, -0.2) is 0 Å². The minimum absolute atomic E-state index is 0.999. The summed E-state index contributed by atoms with van der Waals surface area (Å²) in [5, 5.41) is 0. The number of halogens is 1. The summed E-state index contributed by atoms with van der Waals surface area (Å²) in [6.07, 6.45) is 3.03. The summed E-state index contributed by atoms with van der Waals surface area (Å²) in [5.41, 5.74) is 3.91. The maximum absolute atomic E-state index is 3.28. The predicted molar refractivity (Wildman–Crippen MR) is 73.7 cm³/mol. The van der Waals surface area contributed by atoms with Crippen LogP contribution in [0.15, 0.2) is 59.6 Å². The van der Waals surface area contributed by atoms with Crippen LogP contribution in [0.4, 0.5) is 0 Å². The topological polar surface area (TPSA) is 0 Å². The van der Waals surface area contributed by atoms with Gasteiger partial charge in [0.25, 0.3) is 0 Å². The maximum atomic E-state index is 3.28. The fourth-order valence-corrected chi connectivity index (χ4v) is 1.96. The van der Waals surface area contributed by atoms with Crippen molar-refractivity contribution in [2.75, 3.05) is 0 Å². The zero-order valence-corrected chi connectivity index (χ0v) is 10.5. The highest BCUT2D eigenvalue weighted by Crippen LogP contribution is 2.11. The molecule has 0 aliphatic carbocycles. The van der Waals surface area contributed by atoms with Crippen LogP contribution in [-0.2, 0) is 6.42 Å². The van der Waals surface area contributed by atoms with Crippen LogP contribution in [0.1, 0.15) is 16.7 Å². The maximum Gasteiger partial charge on any atom is -0.00258 e. The normalized spacial score (nSPS) is 10.8. The second-order valence-corrected chi connectivity index (χ2v) is 4.23. The number of hydrogen-bond acceptors (Lipinski definition) is 0. The van der Waals surface area contributed by atoms with Crippen molar-refractivity contribution < 1.29 is 0 Å². The Morgan fingerprint density at radius 2 is 1.44 bits per heavy atom. The second kappa shape index (κ2) is 5.66. The lowest BCUT2D eigenvalue weighted by Crippen LogP contribution is -1.87. The number of benzene rings is 2. The van der Waals surface area contributed by atoms with Crippen LogP contribution in [0.5, 0.6) is 0 Å². The highest BCUT2D eigenvalue weighted by atomic mass is 79.9. The molecule has 0 saturated carbocycles. The Morgan fingerprint density at radius 1 is 0.812 bits per heavy atom. The molecule has 0 N–H and O–H groups in total. The van der Waals surface area contributed by atoms with Crippen LogP contribution < -0.4 is 0 Å². The van der Waals surface area contributed by atoms with E-state index in [4.69, 9.17) is 0 Å². The molecule has 0 amide bonds. The Morgan fingerprint density at radius 3 is 2.06 bits per heavy atom. The van der Waals surface area contributed by atoms with E-state index in [1.165, 1.54) is 16.7 Å². The van der Waals surface area contributed by atoms with Gasteiger partial charge in [-0.3, -0.25) is 0 Å². The number of hydrogen-bond donors (Lipinski definition) is 0.